The Bertz CT molecular complexity index is 556. The van der Waals surface area contributed by atoms with Crippen LogP contribution in [-0.2, 0) is 11.3 Å². The third kappa shape index (κ3) is 3.46. The molecule has 0 saturated carbocycles. The highest BCUT2D eigenvalue weighted by Gasteiger charge is 2.14. The second-order valence-corrected chi connectivity index (χ2v) is 5.33. The van der Waals surface area contributed by atoms with E-state index in [2.05, 4.69) is 40.3 Å². The summed E-state index contributed by atoms with van der Waals surface area (Å²) in [6.45, 7) is 2.68. The Labute approximate surface area is 125 Å². The lowest BCUT2D eigenvalue weighted by atomic mass is 10.2. The van der Waals surface area contributed by atoms with Crippen LogP contribution in [0.2, 0.25) is 0 Å². The van der Waals surface area contributed by atoms with E-state index < -0.39 is 0 Å². The zero-order valence-corrected chi connectivity index (χ0v) is 12.4. The van der Waals surface area contributed by atoms with Gasteiger partial charge >= 0.3 is 0 Å². The van der Waals surface area contributed by atoms with Crippen LogP contribution in [0.5, 0.6) is 5.75 Å². The van der Waals surface area contributed by atoms with Gasteiger partial charge in [-0.05, 0) is 49.2 Å². The Kier molecular flexibility index (Phi) is 4.58. The van der Waals surface area contributed by atoms with Crippen molar-refractivity contribution in [1.82, 2.24) is 9.88 Å². The Balaban J connectivity index is 1.62. The average Bonchev–Trinajstić information content (AvgIpc) is 3.19. The number of hydrogen-bond donors (Lipinski definition) is 1. The number of rotatable bonds is 6. The lowest BCUT2D eigenvalue weighted by molar-refractivity contribution is 0.110. The van der Waals surface area contributed by atoms with Gasteiger partial charge in [-0.1, -0.05) is 0 Å². The molecule has 2 aromatic rings. The van der Waals surface area contributed by atoms with Crippen molar-refractivity contribution in [2.75, 3.05) is 20.3 Å². The van der Waals surface area contributed by atoms with Crippen molar-refractivity contribution in [1.29, 1.82) is 0 Å². The van der Waals surface area contributed by atoms with Crippen LogP contribution in [0.1, 0.15) is 18.5 Å². The highest BCUT2D eigenvalue weighted by molar-refractivity contribution is 5.39. The molecule has 0 radical (unpaired) electrons. The summed E-state index contributed by atoms with van der Waals surface area (Å²) < 4.78 is 13.0. The number of aromatic nitrogens is 1. The minimum atomic E-state index is 0.384. The summed E-state index contributed by atoms with van der Waals surface area (Å²) in [5.41, 5.74) is 2.40. The molecule has 1 fully saturated rings. The van der Waals surface area contributed by atoms with Crippen LogP contribution in [0.4, 0.5) is 0 Å². The van der Waals surface area contributed by atoms with Crippen LogP contribution >= 0.6 is 0 Å². The highest BCUT2D eigenvalue weighted by Crippen LogP contribution is 2.17. The van der Waals surface area contributed by atoms with E-state index in [4.69, 9.17) is 9.47 Å². The first-order valence-corrected chi connectivity index (χ1v) is 7.50. The van der Waals surface area contributed by atoms with Gasteiger partial charge in [0.1, 0.15) is 5.75 Å². The van der Waals surface area contributed by atoms with E-state index >= 15 is 0 Å². The molecule has 1 aliphatic rings. The third-order valence-electron chi connectivity index (χ3n) is 3.89. The van der Waals surface area contributed by atoms with Crippen LogP contribution in [-0.4, -0.2) is 30.9 Å². The molecule has 112 valence electrons. The van der Waals surface area contributed by atoms with Crippen LogP contribution in [0, 0.1) is 0 Å². The first-order valence-electron chi connectivity index (χ1n) is 7.50. The van der Waals surface area contributed by atoms with Gasteiger partial charge in [0.25, 0.3) is 0 Å². The van der Waals surface area contributed by atoms with Gasteiger partial charge in [-0.25, -0.2) is 0 Å². The maximum absolute atomic E-state index is 5.63. The Morgan fingerprint density at radius 2 is 2.14 bits per heavy atom. The van der Waals surface area contributed by atoms with Gasteiger partial charge in [-0.3, -0.25) is 0 Å². The van der Waals surface area contributed by atoms with Crippen molar-refractivity contribution in [3.05, 3.63) is 48.3 Å². The fraction of sp³-hybridized carbons (Fsp3) is 0.412. The number of nitrogens with one attached hydrogen (secondary N) is 1. The van der Waals surface area contributed by atoms with Gasteiger partial charge < -0.3 is 19.4 Å². The zero-order valence-electron chi connectivity index (χ0n) is 12.4. The normalized spacial score (nSPS) is 18.0. The molecule has 2 heterocycles. The number of benzene rings is 1. The average molecular weight is 286 g/mol. The van der Waals surface area contributed by atoms with Crippen LogP contribution < -0.4 is 10.1 Å². The van der Waals surface area contributed by atoms with Crippen molar-refractivity contribution in [2.45, 2.75) is 25.5 Å². The Morgan fingerprint density at radius 1 is 1.29 bits per heavy atom. The zero-order chi connectivity index (χ0) is 14.5. The minimum Gasteiger partial charge on any atom is -0.497 e. The number of methoxy groups -OCH3 is 1. The molecule has 1 N–H and O–H groups in total. The summed E-state index contributed by atoms with van der Waals surface area (Å²) in [4.78, 5) is 0. The van der Waals surface area contributed by atoms with Crippen molar-refractivity contribution < 1.29 is 9.47 Å². The molecule has 0 spiro atoms. The minimum absolute atomic E-state index is 0.384. The second-order valence-electron chi connectivity index (χ2n) is 5.33. The maximum Gasteiger partial charge on any atom is 0.119 e. The van der Waals surface area contributed by atoms with Crippen LogP contribution in [0.15, 0.2) is 42.6 Å². The van der Waals surface area contributed by atoms with E-state index in [0.29, 0.717) is 6.10 Å². The van der Waals surface area contributed by atoms with Crippen molar-refractivity contribution in [2.24, 2.45) is 0 Å². The fourth-order valence-electron chi connectivity index (χ4n) is 2.72. The maximum atomic E-state index is 5.63. The Morgan fingerprint density at radius 3 is 2.86 bits per heavy atom. The monoisotopic (exact) mass is 286 g/mol. The summed E-state index contributed by atoms with van der Waals surface area (Å²) in [6.07, 6.45) is 4.83. The smallest absolute Gasteiger partial charge is 0.119 e. The molecule has 1 aromatic carbocycles. The van der Waals surface area contributed by atoms with Gasteiger partial charge in [-0.15, -0.1) is 0 Å². The molecule has 1 aliphatic heterocycles. The van der Waals surface area contributed by atoms with E-state index in [9.17, 15) is 0 Å². The molecule has 1 atom stereocenters. The standard InChI is InChI=1S/C17H22N2O2/c1-20-16-8-6-14(7-9-16)19-10-2-4-15(19)12-18-13-17-5-3-11-21-17/h2,4,6-10,17-18H,3,5,11-13H2,1H3. The summed E-state index contributed by atoms with van der Waals surface area (Å²) in [5, 5.41) is 3.49. The van der Waals surface area contributed by atoms with E-state index in [1.165, 1.54) is 18.5 Å². The molecule has 0 bridgehead atoms. The molecule has 21 heavy (non-hydrogen) atoms. The van der Waals surface area contributed by atoms with E-state index in [1.807, 2.05) is 12.1 Å². The van der Waals surface area contributed by atoms with Crippen molar-refractivity contribution in [3.8, 4) is 11.4 Å². The molecular weight excluding hydrogens is 264 g/mol. The predicted octanol–water partition coefficient (Wildman–Crippen LogP) is 2.75. The number of ether oxygens (including phenoxy) is 2. The van der Waals surface area contributed by atoms with Gasteiger partial charge in [0.05, 0.1) is 13.2 Å². The van der Waals surface area contributed by atoms with Crippen molar-refractivity contribution >= 4 is 0 Å². The van der Waals surface area contributed by atoms with Gasteiger partial charge in [-0.2, -0.15) is 0 Å². The van der Waals surface area contributed by atoms with Gasteiger partial charge in [0.2, 0.25) is 0 Å². The van der Waals surface area contributed by atoms with E-state index in [1.54, 1.807) is 7.11 Å². The molecule has 1 saturated heterocycles. The molecule has 4 nitrogen and oxygen atoms in total. The second kappa shape index (κ2) is 6.78. The predicted molar refractivity (Wildman–Crippen MR) is 83.0 cm³/mol. The molecule has 1 aromatic heterocycles. The lowest BCUT2D eigenvalue weighted by Crippen LogP contribution is -2.26. The van der Waals surface area contributed by atoms with Gasteiger partial charge in [0.15, 0.2) is 0 Å². The quantitative estimate of drug-likeness (QED) is 0.887. The van der Waals surface area contributed by atoms with Crippen LogP contribution in [0.3, 0.4) is 0 Å². The number of hydrogen-bond acceptors (Lipinski definition) is 3. The topological polar surface area (TPSA) is 35.4 Å². The SMILES string of the molecule is COc1ccc(-n2cccc2CNCC2CCCO2)cc1. The third-order valence-corrected chi connectivity index (χ3v) is 3.89. The molecule has 4 heteroatoms. The first kappa shape index (κ1) is 14.2. The first-order chi connectivity index (χ1) is 10.4. The molecule has 3 rings (SSSR count). The van der Waals surface area contributed by atoms with E-state index in [0.717, 1.165) is 31.1 Å². The summed E-state index contributed by atoms with van der Waals surface area (Å²) in [5.74, 6) is 0.879. The molecule has 1 unspecified atom stereocenters. The molecule has 0 amide bonds. The number of nitrogens with zero attached hydrogens (tertiary/aromatic N) is 1. The van der Waals surface area contributed by atoms with Crippen LogP contribution in [0.25, 0.3) is 5.69 Å². The van der Waals surface area contributed by atoms with Crippen molar-refractivity contribution in [3.63, 3.8) is 0 Å². The summed E-state index contributed by atoms with van der Waals surface area (Å²) in [6, 6.07) is 12.3. The Hall–Kier alpha value is -1.78. The van der Waals surface area contributed by atoms with Gasteiger partial charge in [0, 0.05) is 37.3 Å². The summed E-state index contributed by atoms with van der Waals surface area (Å²) >= 11 is 0. The largest absolute Gasteiger partial charge is 0.497 e. The fourth-order valence-corrected chi connectivity index (χ4v) is 2.72. The highest BCUT2D eigenvalue weighted by atomic mass is 16.5. The summed E-state index contributed by atoms with van der Waals surface area (Å²) in [7, 11) is 1.69. The van der Waals surface area contributed by atoms with E-state index in [-0.39, 0.29) is 0 Å². The molecular formula is C17H22N2O2. The molecule has 0 aliphatic carbocycles. The lowest BCUT2D eigenvalue weighted by Gasteiger charge is -2.13.